The monoisotopic (exact) mass is 314 g/mol. The first kappa shape index (κ1) is 15.5. The summed E-state index contributed by atoms with van der Waals surface area (Å²) in [6, 6.07) is 4.14. The van der Waals surface area contributed by atoms with Crippen LogP contribution in [-0.4, -0.2) is 32.0 Å². The van der Waals surface area contributed by atoms with E-state index in [4.69, 9.17) is 5.11 Å². The highest BCUT2D eigenvalue weighted by Gasteiger charge is 2.30. The van der Waals surface area contributed by atoms with Crippen molar-refractivity contribution in [1.82, 2.24) is 15.0 Å². The zero-order valence-electron chi connectivity index (χ0n) is 10.8. The summed E-state index contributed by atoms with van der Waals surface area (Å²) in [4.78, 5) is 22.3. The number of nitrogens with zero attached hydrogens (tertiary/aromatic N) is 3. The van der Waals surface area contributed by atoms with Crippen LogP contribution in [0.4, 0.5) is 18.9 Å². The van der Waals surface area contributed by atoms with Crippen LogP contribution in [0.15, 0.2) is 30.5 Å². The van der Waals surface area contributed by atoms with Crippen molar-refractivity contribution in [2.75, 3.05) is 5.32 Å². The molecular weight excluding hydrogens is 305 g/mol. The van der Waals surface area contributed by atoms with Gasteiger partial charge in [-0.3, -0.25) is 4.79 Å². The van der Waals surface area contributed by atoms with Gasteiger partial charge in [0.25, 0.3) is 0 Å². The maximum atomic E-state index is 12.5. The third-order valence-corrected chi connectivity index (χ3v) is 2.54. The van der Waals surface area contributed by atoms with Crippen LogP contribution < -0.4 is 5.32 Å². The summed E-state index contributed by atoms with van der Waals surface area (Å²) in [6.07, 6.45) is -3.48. The molecule has 0 spiro atoms. The van der Waals surface area contributed by atoms with Crippen molar-refractivity contribution in [1.29, 1.82) is 0 Å². The molecule has 0 aliphatic rings. The van der Waals surface area contributed by atoms with Gasteiger partial charge in [-0.15, -0.1) is 5.10 Å². The second-order valence-corrected chi connectivity index (χ2v) is 4.23. The van der Waals surface area contributed by atoms with E-state index in [2.05, 4.69) is 15.6 Å². The Labute approximate surface area is 121 Å². The summed E-state index contributed by atoms with van der Waals surface area (Å²) in [5.74, 6) is -1.97. The molecule has 2 aromatic rings. The number of nitrogens with one attached hydrogen (secondary N) is 1. The molecule has 1 amide bonds. The predicted octanol–water partition coefficient (Wildman–Crippen LogP) is 1.63. The van der Waals surface area contributed by atoms with Crippen LogP contribution in [0, 0.1) is 0 Å². The number of carboxylic acids is 1. The van der Waals surface area contributed by atoms with Crippen molar-refractivity contribution < 1.29 is 27.9 Å². The average molecular weight is 314 g/mol. The molecule has 1 aromatic carbocycles. The van der Waals surface area contributed by atoms with Crippen LogP contribution >= 0.6 is 0 Å². The molecule has 0 saturated heterocycles. The number of hydrogen-bond acceptors (Lipinski definition) is 4. The van der Waals surface area contributed by atoms with Gasteiger partial charge in [0.1, 0.15) is 6.54 Å². The average Bonchev–Trinajstić information content (AvgIpc) is 2.86. The van der Waals surface area contributed by atoms with Gasteiger partial charge in [0.2, 0.25) is 5.91 Å². The fourth-order valence-electron chi connectivity index (χ4n) is 1.59. The lowest BCUT2D eigenvalue weighted by atomic mass is 10.2. The number of carboxylic acid groups (broad SMARTS) is 1. The van der Waals surface area contributed by atoms with E-state index in [-0.39, 0.29) is 17.9 Å². The molecule has 10 heteroatoms. The summed E-state index contributed by atoms with van der Waals surface area (Å²) in [5, 5.41) is 17.6. The number of aromatic carboxylic acids is 1. The van der Waals surface area contributed by atoms with Crippen molar-refractivity contribution in [3.8, 4) is 0 Å². The van der Waals surface area contributed by atoms with E-state index in [0.717, 1.165) is 29.1 Å². The molecular formula is C12H9F3N4O3. The number of anilines is 1. The fraction of sp³-hybridized carbons (Fsp3) is 0.167. The number of rotatable bonds is 4. The van der Waals surface area contributed by atoms with Crippen LogP contribution in [0.3, 0.4) is 0 Å². The Bertz CT molecular complexity index is 712. The van der Waals surface area contributed by atoms with Crippen molar-refractivity contribution in [3.05, 3.63) is 41.7 Å². The van der Waals surface area contributed by atoms with E-state index in [0.29, 0.717) is 0 Å². The maximum Gasteiger partial charge on any atom is 0.416 e. The van der Waals surface area contributed by atoms with Crippen LogP contribution in [0.2, 0.25) is 0 Å². The molecule has 1 aromatic heterocycles. The van der Waals surface area contributed by atoms with Crippen LogP contribution in [0.1, 0.15) is 16.1 Å². The second-order valence-electron chi connectivity index (χ2n) is 4.23. The maximum absolute atomic E-state index is 12.5. The van der Waals surface area contributed by atoms with Gasteiger partial charge in [-0.05, 0) is 18.2 Å². The lowest BCUT2D eigenvalue weighted by molar-refractivity contribution is -0.137. The van der Waals surface area contributed by atoms with E-state index < -0.39 is 23.6 Å². The van der Waals surface area contributed by atoms with Gasteiger partial charge in [-0.2, -0.15) is 13.2 Å². The Kier molecular flexibility index (Phi) is 4.11. The first-order valence-corrected chi connectivity index (χ1v) is 5.86. The highest BCUT2D eigenvalue weighted by Crippen LogP contribution is 2.30. The minimum Gasteiger partial charge on any atom is -0.476 e. The molecule has 116 valence electrons. The van der Waals surface area contributed by atoms with E-state index >= 15 is 0 Å². The van der Waals surface area contributed by atoms with Crippen molar-refractivity contribution >= 4 is 17.6 Å². The summed E-state index contributed by atoms with van der Waals surface area (Å²) >= 11 is 0. The Hall–Kier alpha value is -2.91. The van der Waals surface area contributed by atoms with Crippen molar-refractivity contribution in [2.24, 2.45) is 0 Å². The van der Waals surface area contributed by atoms with Gasteiger partial charge < -0.3 is 10.4 Å². The standard InChI is InChI=1S/C12H9F3N4O3/c13-12(14,15)7-2-1-3-8(4-7)16-10(20)6-19-5-9(11(21)22)17-18-19/h1-5H,6H2,(H,16,20)(H,21,22). The SMILES string of the molecule is O=C(Cn1cc(C(=O)O)nn1)Nc1cccc(C(F)(F)F)c1. The number of hydrogen-bond donors (Lipinski definition) is 2. The van der Waals surface area contributed by atoms with Crippen LogP contribution in [0.25, 0.3) is 0 Å². The first-order chi connectivity index (χ1) is 10.3. The number of halogens is 3. The lowest BCUT2D eigenvalue weighted by Gasteiger charge is -2.09. The molecule has 2 rings (SSSR count). The highest BCUT2D eigenvalue weighted by atomic mass is 19.4. The second kappa shape index (κ2) is 5.84. The minimum absolute atomic E-state index is 0.0293. The quantitative estimate of drug-likeness (QED) is 0.894. The topological polar surface area (TPSA) is 97.1 Å². The zero-order valence-corrected chi connectivity index (χ0v) is 10.8. The van der Waals surface area contributed by atoms with Gasteiger partial charge in [0.15, 0.2) is 5.69 Å². The number of alkyl halides is 3. The molecule has 0 saturated carbocycles. The molecule has 0 unspecified atom stereocenters. The largest absolute Gasteiger partial charge is 0.476 e. The van der Waals surface area contributed by atoms with E-state index in [1.165, 1.54) is 6.07 Å². The number of aromatic nitrogens is 3. The van der Waals surface area contributed by atoms with E-state index in [9.17, 15) is 22.8 Å². The molecule has 1 heterocycles. The van der Waals surface area contributed by atoms with Crippen LogP contribution in [0.5, 0.6) is 0 Å². The molecule has 22 heavy (non-hydrogen) atoms. The Morgan fingerprint density at radius 1 is 1.32 bits per heavy atom. The number of carbonyl (C=O) groups excluding carboxylic acids is 1. The Morgan fingerprint density at radius 3 is 2.64 bits per heavy atom. The molecule has 0 aliphatic heterocycles. The van der Waals surface area contributed by atoms with Gasteiger partial charge in [0.05, 0.1) is 11.8 Å². The zero-order chi connectivity index (χ0) is 16.3. The third-order valence-electron chi connectivity index (χ3n) is 2.54. The number of benzene rings is 1. The minimum atomic E-state index is -4.51. The molecule has 0 fully saturated rings. The predicted molar refractivity (Wildman–Crippen MR) is 67.1 cm³/mol. The smallest absolute Gasteiger partial charge is 0.416 e. The summed E-state index contributed by atoms with van der Waals surface area (Å²) in [7, 11) is 0. The Balaban J connectivity index is 2.04. The normalized spacial score (nSPS) is 11.2. The highest BCUT2D eigenvalue weighted by molar-refractivity contribution is 5.90. The van der Waals surface area contributed by atoms with Gasteiger partial charge in [-0.1, -0.05) is 11.3 Å². The third kappa shape index (κ3) is 3.81. The van der Waals surface area contributed by atoms with Gasteiger partial charge in [0, 0.05) is 5.69 Å². The first-order valence-electron chi connectivity index (χ1n) is 5.86. The fourth-order valence-corrected chi connectivity index (χ4v) is 1.59. The molecule has 7 nitrogen and oxygen atoms in total. The number of carbonyl (C=O) groups is 2. The van der Waals surface area contributed by atoms with Gasteiger partial charge >= 0.3 is 12.1 Å². The summed E-state index contributed by atoms with van der Waals surface area (Å²) in [6.45, 7) is -0.378. The van der Waals surface area contributed by atoms with E-state index in [1.807, 2.05) is 0 Å². The number of amides is 1. The molecule has 0 radical (unpaired) electrons. The van der Waals surface area contributed by atoms with Crippen molar-refractivity contribution in [3.63, 3.8) is 0 Å². The summed E-state index contributed by atoms with van der Waals surface area (Å²) < 4.78 is 38.6. The summed E-state index contributed by atoms with van der Waals surface area (Å²) in [5.41, 5.74) is -1.26. The molecule has 2 N–H and O–H groups in total. The van der Waals surface area contributed by atoms with Crippen molar-refractivity contribution in [2.45, 2.75) is 12.7 Å². The lowest BCUT2D eigenvalue weighted by Crippen LogP contribution is -2.19. The van der Waals surface area contributed by atoms with Gasteiger partial charge in [-0.25, -0.2) is 9.48 Å². The Morgan fingerprint density at radius 2 is 2.05 bits per heavy atom. The molecule has 0 atom stereocenters. The molecule has 0 bridgehead atoms. The molecule has 0 aliphatic carbocycles. The van der Waals surface area contributed by atoms with E-state index in [1.54, 1.807) is 0 Å². The van der Waals surface area contributed by atoms with Crippen LogP contribution in [-0.2, 0) is 17.5 Å².